The largest absolute Gasteiger partial charge is 0.302 e. The van der Waals surface area contributed by atoms with Gasteiger partial charge in [0.1, 0.15) is 0 Å². The standard InChI is InChI=1S/C10H18F2N2/c1-7-5-8(6-14(7)2)13-10(3-4-10)9(11)12/h7-9,13H,3-6H2,1-2H3. The number of alkyl halides is 2. The molecule has 0 radical (unpaired) electrons. The molecule has 0 aromatic carbocycles. The van der Waals surface area contributed by atoms with Gasteiger partial charge in [0.2, 0.25) is 0 Å². The van der Waals surface area contributed by atoms with Gasteiger partial charge in [0.15, 0.2) is 0 Å². The fourth-order valence-corrected chi connectivity index (χ4v) is 2.27. The zero-order valence-electron chi connectivity index (χ0n) is 8.76. The first-order valence-electron chi connectivity index (χ1n) is 5.29. The summed E-state index contributed by atoms with van der Waals surface area (Å²) in [5, 5.41) is 3.13. The average Bonchev–Trinajstić information content (AvgIpc) is 2.78. The van der Waals surface area contributed by atoms with E-state index in [0.29, 0.717) is 18.9 Å². The maximum Gasteiger partial charge on any atom is 0.256 e. The maximum atomic E-state index is 12.6. The van der Waals surface area contributed by atoms with Crippen molar-refractivity contribution in [2.75, 3.05) is 13.6 Å². The van der Waals surface area contributed by atoms with Crippen molar-refractivity contribution in [1.82, 2.24) is 10.2 Å². The second-order valence-corrected chi connectivity index (χ2v) is 4.82. The average molecular weight is 204 g/mol. The second kappa shape index (κ2) is 3.42. The molecular weight excluding hydrogens is 186 g/mol. The molecule has 2 aliphatic rings. The monoisotopic (exact) mass is 204 g/mol. The second-order valence-electron chi connectivity index (χ2n) is 4.82. The molecule has 14 heavy (non-hydrogen) atoms. The molecule has 1 heterocycles. The van der Waals surface area contributed by atoms with Crippen molar-refractivity contribution in [1.29, 1.82) is 0 Å². The van der Waals surface area contributed by atoms with Crippen molar-refractivity contribution in [2.45, 2.75) is 50.2 Å². The Morgan fingerprint density at radius 3 is 2.43 bits per heavy atom. The molecule has 2 rings (SSSR count). The molecule has 2 nitrogen and oxygen atoms in total. The van der Waals surface area contributed by atoms with Gasteiger partial charge in [-0.05, 0) is 33.2 Å². The number of hydrogen-bond acceptors (Lipinski definition) is 2. The summed E-state index contributed by atoms with van der Waals surface area (Å²) in [6.45, 7) is 3.04. The molecule has 1 aliphatic carbocycles. The third-order valence-electron chi connectivity index (χ3n) is 3.58. The van der Waals surface area contributed by atoms with E-state index in [9.17, 15) is 8.78 Å². The Balaban J connectivity index is 1.87. The van der Waals surface area contributed by atoms with Gasteiger partial charge in [-0.15, -0.1) is 0 Å². The van der Waals surface area contributed by atoms with Crippen LogP contribution in [0.1, 0.15) is 26.2 Å². The van der Waals surface area contributed by atoms with Crippen LogP contribution in [0.2, 0.25) is 0 Å². The van der Waals surface area contributed by atoms with Crippen LogP contribution < -0.4 is 5.32 Å². The van der Waals surface area contributed by atoms with E-state index >= 15 is 0 Å². The summed E-state index contributed by atoms with van der Waals surface area (Å²) >= 11 is 0. The van der Waals surface area contributed by atoms with Gasteiger partial charge in [0.05, 0.1) is 5.54 Å². The lowest BCUT2D eigenvalue weighted by Crippen LogP contribution is -2.45. The van der Waals surface area contributed by atoms with E-state index in [4.69, 9.17) is 0 Å². The Kier molecular flexibility index (Phi) is 2.52. The summed E-state index contributed by atoms with van der Waals surface area (Å²) in [5.74, 6) is 0. The van der Waals surface area contributed by atoms with Crippen LogP contribution in [0.15, 0.2) is 0 Å². The molecule has 1 aliphatic heterocycles. The van der Waals surface area contributed by atoms with E-state index in [1.165, 1.54) is 0 Å². The van der Waals surface area contributed by atoms with Crippen LogP contribution in [0, 0.1) is 0 Å². The Morgan fingerprint density at radius 2 is 2.07 bits per heavy atom. The molecule has 2 unspecified atom stereocenters. The van der Waals surface area contributed by atoms with Crippen LogP contribution in [-0.4, -0.2) is 42.5 Å². The summed E-state index contributed by atoms with van der Waals surface area (Å²) in [7, 11) is 2.05. The lowest BCUT2D eigenvalue weighted by atomic mass is 10.1. The lowest BCUT2D eigenvalue weighted by molar-refractivity contribution is 0.0794. The smallest absolute Gasteiger partial charge is 0.256 e. The topological polar surface area (TPSA) is 15.3 Å². The summed E-state index contributed by atoms with van der Waals surface area (Å²) in [6.07, 6.45) is 0.0625. The summed E-state index contributed by atoms with van der Waals surface area (Å²) in [6, 6.07) is 0.771. The molecule has 0 spiro atoms. The van der Waals surface area contributed by atoms with Gasteiger partial charge in [-0.1, -0.05) is 0 Å². The van der Waals surface area contributed by atoms with Crippen LogP contribution in [0.3, 0.4) is 0 Å². The minimum absolute atomic E-state index is 0.256. The van der Waals surface area contributed by atoms with Gasteiger partial charge in [0, 0.05) is 18.6 Å². The van der Waals surface area contributed by atoms with Crippen LogP contribution in [0.25, 0.3) is 0 Å². The summed E-state index contributed by atoms with van der Waals surface area (Å²) in [4.78, 5) is 2.22. The van der Waals surface area contributed by atoms with Crippen LogP contribution in [0.5, 0.6) is 0 Å². The molecule has 4 heteroatoms. The lowest BCUT2D eigenvalue weighted by Gasteiger charge is -2.21. The SMILES string of the molecule is CC1CC(NC2(C(F)F)CC2)CN1C. The zero-order chi connectivity index (χ0) is 10.3. The van der Waals surface area contributed by atoms with Gasteiger partial charge in [-0.3, -0.25) is 0 Å². The van der Waals surface area contributed by atoms with E-state index in [2.05, 4.69) is 17.1 Å². The molecular formula is C10H18F2N2. The molecule has 1 N–H and O–H groups in total. The first-order valence-corrected chi connectivity index (χ1v) is 5.29. The number of halogens is 2. The number of hydrogen-bond donors (Lipinski definition) is 1. The van der Waals surface area contributed by atoms with Gasteiger partial charge in [-0.2, -0.15) is 0 Å². The molecule has 2 atom stereocenters. The minimum Gasteiger partial charge on any atom is -0.302 e. The number of nitrogens with one attached hydrogen (secondary N) is 1. The highest BCUT2D eigenvalue weighted by Crippen LogP contribution is 2.42. The maximum absolute atomic E-state index is 12.6. The quantitative estimate of drug-likeness (QED) is 0.749. The molecule has 0 bridgehead atoms. The molecule has 82 valence electrons. The van der Waals surface area contributed by atoms with Gasteiger partial charge in [-0.25, -0.2) is 8.78 Å². The van der Waals surface area contributed by atoms with Gasteiger partial charge < -0.3 is 10.2 Å². The van der Waals surface area contributed by atoms with Crippen molar-refractivity contribution in [3.8, 4) is 0 Å². The predicted octanol–water partition coefficient (Wildman–Crippen LogP) is 1.47. The fourth-order valence-electron chi connectivity index (χ4n) is 2.27. The van der Waals surface area contributed by atoms with Crippen molar-refractivity contribution in [2.24, 2.45) is 0 Å². The van der Waals surface area contributed by atoms with Gasteiger partial charge >= 0.3 is 0 Å². The Hall–Kier alpha value is -0.220. The molecule has 0 aromatic rings. The molecule has 0 amide bonds. The molecule has 1 saturated carbocycles. The first kappa shape index (κ1) is 10.3. The van der Waals surface area contributed by atoms with Crippen LogP contribution in [0.4, 0.5) is 8.78 Å². The Morgan fingerprint density at radius 1 is 1.43 bits per heavy atom. The van der Waals surface area contributed by atoms with E-state index in [1.807, 2.05) is 7.05 Å². The van der Waals surface area contributed by atoms with E-state index in [-0.39, 0.29) is 6.04 Å². The number of likely N-dealkylation sites (N-methyl/N-ethyl adjacent to an activating group) is 1. The van der Waals surface area contributed by atoms with Crippen molar-refractivity contribution in [3.05, 3.63) is 0 Å². The highest BCUT2D eigenvalue weighted by molar-refractivity contribution is 5.07. The highest BCUT2D eigenvalue weighted by atomic mass is 19.3. The Bertz CT molecular complexity index is 206. The Labute approximate surface area is 83.7 Å². The first-order chi connectivity index (χ1) is 6.53. The van der Waals surface area contributed by atoms with E-state index in [0.717, 1.165) is 13.0 Å². The van der Waals surface area contributed by atoms with Crippen LogP contribution >= 0.6 is 0 Å². The molecule has 0 aromatic heterocycles. The normalized spacial score (nSPS) is 36.6. The number of rotatable bonds is 3. The van der Waals surface area contributed by atoms with Gasteiger partial charge in [0.25, 0.3) is 6.43 Å². The fraction of sp³-hybridized carbons (Fsp3) is 1.00. The summed E-state index contributed by atoms with van der Waals surface area (Å²) in [5.41, 5.74) is -0.824. The molecule has 1 saturated heterocycles. The third kappa shape index (κ3) is 1.77. The van der Waals surface area contributed by atoms with Crippen molar-refractivity contribution in [3.63, 3.8) is 0 Å². The summed E-state index contributed by atoms with van der Waals surface area (Å²) < 4.78 is 25.3. The number of nitrogens with zero attached hydrogens (tertiary/aromatic N) is 1. The van der Waals surface area contributed by atoms with Crippen LogP contribution in [-0.2, 0) is 0 Å². The van der Waals surface area contributed by atoms with E-state index < -0.39 is 12.0 Å². The zero-order valence-corrected chi connectivity index (χ0v) is 8.76. The third-order valence-corrected chi connectivity index (χ3v) is 3.58. The van der Waals surface area contributed by atoms with E-state index in [1.54, 1.807) is 0 Å². The molecule has 2 fully saturated rings. The predicted molar refractivity (Wildman–Crippen MR) is 51.6 cm³/mol. The van der Waals surface area contributed by atoms with Crippen molar-refractivity contribution < 1.29 is 8.78 Å². The highest BCUT2D eigenvalue weighted by Gasteiger charge is 2.52. The number of likely N-dealkylation sites (tertiary alicyclic amines) is 1. The minimum atomic E-state index is -2.20. The van der Waals surface area contributed by atoms with Crippen molar-refractivity contribution >= 4 is 0 Å².